The minimum Gasteiger partial charge on any atom is -0.396 e. The molecule has 4 aliphatic carbocycles. The van der Waals surface area contributed by atoms with Crippen molar-refractivity contribution < 1.29 is 29.2 Å². The highest BCUT2D eigenvalue weighted by atomic mass is 16.6. The van der Waals surface area contributed by atoms with Crippen LogP contribution in [0.5, 0.6) is 0 Å². The molecule has 3 saturated carbocycles. The number of hydrogen-bond donors (Lipinski definition) is 2. The molecule has 6 nitrogen and oxygen atoms in total. The first-order chi connectivity index (χ1) is 30.6. The lowest BCUT2D eigenvalue weighted by atomic mass is 9.42. The average Bonchev–Trinajstić information content (AvgIpc) is 3.66. The SMILES string of the molecule is CC(C)C(CCO)CC(O)C(C)C1=CCC2C3C(OCc4ccccc4)[C@H](OCc4ccccc4)C4C(OCc5ccccc5)[C@H](OCc5ccccc5)CC[C@]4(C)C3CC[C@]12C. The Kier molecular flexibility index (Phi) is 15.1. The van der Waals surface area contributed by atoms with Gasteiger partial charge in [0.2, 0.25) is 0 Å². The maximum absolute atomic E-state index is 11.9. The number of aliphatic hydroxyl groups excluding tert-OH is 2. The van der Waals surface area contributed by atoms with Crippen LogP contribution in [0.3, 0.4) is 0 Å². The highest BCUT2D eigenvalue weighted by molar-refractivity contribution is 5.30. The molecule has 4 aliphatic rings. The van der Waals surface area contributed by atoms with E-state index in [1.165, 1.54) is 11.1 Å². The number of fused-ring (bicyclic) bond motifs is 5. The number of rotatable bonds is 19. The molecule has 9 unspecified atom stereocenters. The molecule has 6 heteroatoms. The Hall–Kier alpha value is -3.62. The van der Waals surface area contributed by atoms with E-state index in [0.717, 1.165) is 55.2 Å². The summed E-state index contributed by atoms with van der Waals surface area (Å²) in [5.74, 6) is 1.70. The highest BCUT2D eigenvalue weighted by Gasteiger charge is 2.67. The third kappa shape index (κ3) is 9.98. The van der Waals surface area contributed by atoms with Crippen LogP contribution in [-0.2, 0) is 45.4 Å². The van der Waals surface area contributed by atoms with Crippen molar-refractivity contribution in [1.29, 1.82) is 0 Å². The smallest absolute Gasteiger partial charge is 0.0903 e. The Balaban J connectivity index is 1.18. The molecule has 0 bridgehead atoms. The van der Waals surface area contributed by atoms with Crippen molar-refractivity contribution in [2.24, 2.45) is 52.3 Å². The molecule has 0 heterocycles. The van der Waals surface area contributed by atoms with Crippen LogP contribution in [-0.4, -0.2) is 47.3 Å². The van der Waals surface area contributed by atoms with Crippen molar-refractivity contribution in [3.63, 3.8) is 0 Å². The van der Waals surface area contributed by atoms with Gasteiger partial charge in [-0.05, 0) is 108 Å². The molecule has 0 amide bonds. The molecule has 4 aromatic carbocycles. The molecule has 0 spiro atoms. The van der Waals surface area contributed by atoms with E-state index in [0.29, 0.717) is 50.6 Å². The predicted octanol–water partition coefficient (Wildman–Crippen LogP) is 11.8. The van der Waals surface area contributed by atoms with Crippen LogP contribution in [0.4, 0.5) is 0 Å². The normalized spacial score (nSPS) is 31.7. The Morgan fingerprint density at radius 1 is 0.603 bits per heavy atom. The van der Waals surface area contributed by atoms with Crippen molar-refractivity contribution in [2.45, 2.75) is 137 Å². The van der Waals surface area contributed by atoms with E-state index in [9.17, 15) is 10.2 Å². The predicted molar refractivity (Wildman–Crippen MR) is 251 cm³/mol. The van der Waals surface area contributed by atoms with E-state index in [-0.39, 0.29) is 65.5 Å². The van der Waals surface area contributed by atoms with E-state index in [1.807, 2.05) is 0 Å². The molecule has 2 N–H and O–H groups in total. The van der Waals surface area contributed by atoms with E-state index in [4.69, 9.17) is 18.9 Å². The summed E-state index contributed by atoms with van der Waals surface area (Å²) in [6.07, 6.45) is 7.79. The van der Waals surface area contributed by atoms with Gasteiger partial charge in [-0.25, -0.2) is 0 Å². The number of ether oxygens (including phenoxy) is 4. The van der Waals surface area contributed by atoms with Crippen molar-refractivity contribution in [3.05, 3.63) is 155 Å². The summed E-state index contributed by atoms with van der Waals surface area (Å²) in [5.41, 5.74) is 5.88. The first kappa shape index (κ1) is 45.9. The Morgan fingerprint density at radius 2 is 1.10 bits per heavy atom. The van der Waals surface area contributed by atoms with Crippen LogP contribution in [0.1, 0.15) is 102 Å². The zero-order valence-electron chi connectivity index (χ0n) is 38.6. The van der Waals surface area contributed by atoms with Crippen LogP contribution in [0.25, 0.3) is 0 Å². The Labute approximate surface area is 378 Å². The van der Waals surface area contributed by atoms with Crippen LogP contribution >= 0.6 is 0 Å². The zero-order valence-corrected chi connectivity index (χ0v) is 38.6. The van der Waals surface area contributed by atoms with Gasteiger partial charge in [-0.1, -0.05) is 168 Å². The monoisotopic (exact) mass is 855 g/mol. The quantitative estimate of drug-likeness (QED) is 0.0915. The first-order valence-electron chi connectivity index (χ1n) is 24.2. The third-order valence-corrected chi connectivity index (χ3v) is 16.5. The maximum atomic E-state index is 11.9. The summed E-state index contributed by atoms with van der Waals surface area (Å²) < 4.78 is 29.3. The van der Waals surface area contributed by atoms with Crippen molar-refractivity contribution in [1.82, 2.24) is 0 Å². The molecule has 0 radical (unpaired) electrons. The number of aliphatic hydroxyl groups is 2. The maximum Gasteiger partial charge on any atom is 0.0903 e. The van der Waals surface area contributed by atoms with Crippen molar-refractivity contribution >= 4 is 0 Å². The van der Waals surface area contributed by atoms with E-state index >= 15 is 0 Å². The van der Waals surface area contributed by atoms with E-state index in [1.54, 1.807) is 0 Å². The summed E-state index contributed by atoms with van der Waals surface area (Å²) in [6, 6.07) is 42.4. The average molecular weight is 855 g/mol. The van der Waals surface area contributed by atoms with Gasteiger partial charge in [0, 0.05) is 18.4 Å². The topological polar surface area (TPSA) is 77.4 Å². The summed E-state index contributed by atoms with van der Waals surface area (Å²) in [7, 11) is 0. The van der Waals surface area contributed by atoms with Crippen LogP contribution in [0, 0.1) is 52.3 Å². The number of hydrogen-bond acceptors (Lipinski definition) is 6. The third-order valence-electron chi connectivity index (χ3n) is 16.5. The van der Waals surface area contributed by atoms with Gasteiger partial charge in [-0.3, -0.25) is 0 Å². The number of allylic oxidation sites excluding steroid dienone is 1. The molecule has 13 atom stereocenters. The van der Waals surface area contributed by atoms with Gasteiger partial charge in [0.05, 0.1) is 56.9 Å². The van der Waals surface area contributed by atoms with Gasteiger partial charge < -0.3 is 29.2 Å². The lowest BCUT2D eigenvalue weighted by molar-refractivity contribution is -0.284. The van der Waals surface area contributed by atoms with Gasteiger partial charge in [0.1, 0.15) is 0 Å². The Morgan fingerprint density at radius 3 is 1.60 bits per heavy atom. The standard InChI is InChI=1S/C57H74O6/c1-39(2)45(30-33-58)34-49(59)40(3)46-26-27-47-51-48(28-31-56(46,47)4)57(5)32-29-50(60-35-41-18-10-6-11-19-41)53(61-36-42-20-12-7-13-21-42)52(57)55(63-38-44-24-16-9-17-25-44)54(51)62-37-43-22-14-8-15-23-43/h6-26,39-40,45,47-55,58-59H,27-38H2,1-5H3/t40?,45?,47?,48?,49?,50-,51?,52?,53?,54?,55-,56-,57-/m1/s1. The number of benzene rings is 4. The summed E-state index contributed by atoms with van der Waals surface area (Å²) >= 11 is 0. The second kappa shape index (κ2) is 20.7. The van der Waals surface area contributed by atoms with Gasteiger partial charge in [0.15, 0.2) is 0 Å². The van der Waals surface area contributed by atoms with Crippen LogP contribution < -0.4 is 0 Å². The molecule has 8 rings (SSSR count). The zero-order chi connectivity index (χ0) is 44.0. The molecule has 4 aromatic rings. The minimum absolute atomic E-state index is 0.0138. The second-order valence-electron chi connectivity index (χ2n) is 20.4. The fourth-order valence-corrected chi connectivity index (χ4v) is 13.0. The molecule has 0 aliphatic heterocycles. The van der Waals surface area contributed by atoms with Gasteiger partial charge in [-0.15, -0.1) is 0 Å². The van der Waals surface area contributed by atoms with Gasteiger partial charge in [-0.2, -0.15) is 0 Å². The lowest BCUT2D eigenvalue weighted by Crippen LogP contribution is -2.69. The summed E-state index contributed by atoms with van der Waals surface area (Å²) in [4.78, 5) is 0. The molecule has 0 saturated heterocycles. The fraction of sp³-hybridized carbons (Fsp3) is 0.544. The largest absolute Gasteiger partial charge is 0.396 e. The fourth-order valence-electron chi connectivity index (χ4n) is 13.0. The van der Waals surface area contributed by atoms with Crippen molar-refractivity contribution in [3.8, 4) is 0 Å². The molecular weight excluding hydrogens is 781 g/mol. The molecule has 338 valence electrons. The molecule has 63 heavy (non-hydrogen) atoms. The van der Waals surface area contributed by atoms with Crippen molar-refractivity contribution in [2.75, 3.05) is 6.61 Å². The second-order valence-corrected chi connectivity index (χ2v) is 20.4. The molecule has 3 fully saturated rings. The van der Waals surface area contributed by atoms with E-state index in [2.05, 4.69) is 162 Å². The molecule has 0 aromatic heterocycles. The van der Waals surface area contributed by atoms with Crippen LogP contribution in [0.15, 0.2) is 133 Å². The van der Waals surface area contributed by atoms with Crippen LogP contribution in [0.2, 0.25) is 0 Å². The van der Waals surface area contributed by atoms with E-state index < -0.39 is 6.10 Å². The first-order valence-corrected chi connectivity index (χ1v) is 24.2. The van der Waals surface area contributed by atoms with Gasteiger partial charge in [0.25, 0.3) is 0 Å². The Bertz CT molecular complexity index is 2020. The molecular formula is C57H74O6. The lowest BCUT2D eigenvalue weighted by Gasteiger charge is -2.66. The summed E-state index contributed by atoms with van der Waals surface area (Å²) in [6.45, 7) is 14.0. The minimum atomic E-state index is -0.461. The van der Waals surface area contributed by atoms with Gasteiger partial charge >= 0.3 is 0 Å². The summed E-state index contributed by atoms with van der Waals surface area (Å²) in [5, 5.41) is 21.8. The highest BCUT2D eigenvalue weighted by Crippen LogP contribution is 2.68.